The number of sulfone groups is 1. The molecule has 6 nitrogen and oxygen atoms in total. The third-order valence-corrected chi connectivity index (χ3v) is 4.01. The van der Waals surface area contributed by atoms with Gasteiger partial charge in [0.1, 0.15) is 0 Å². The van der Waals surface area contributed by atoms with Crippen molar-refractivity contribution in [2.24, 2.45) is 0 Å². The number of imidazole rings is 1. The van der Waals surface area contributed by atoms with E-state index >= 15 is 0 Å². The van der Waals surface area contributed by atoms with Gasteiger partial charge in [0.05, 0.1) is 22.6 Å². The van der Waals surface area contributed by atoms with E-state index in [0.29, 0.717) is 5.69 Å². The van der Waals surface area contributed by atoms with Crippen LogP contribution in [0.2, 0.25) is 0 Å². The monoisotopic (exact) mass is 294 g/mol. The molecule has 2 rings (SSSR count). The standard InChI is InChI=1S/C13H18N4O2S/c1-10(8-17-6-5-15-9-17)16-13-4-3-11(7-12(13)14)20(2,18)19/h3-7,9-10,16H,8,14H2,1-2H3. The van der Waals surface area contributed by atoms with Crippen LogP contribution >= 0.6 is 0 Å². The van der Waals surface area contributed by atoms with Crippen LogP contribution in [0.5, 0.6) is 0 Å². The Morgan fingerprint density at radius 3 is 2.75 bits per heavy atom. The average Bonchev–Trinajstić information content (AvgIpc) is 2.83. The number of benzene rings is 1. The van der Waals surface area contributed by atoms with Crippen molar-refractivity contribution in [1.29, 1.82) is 0 Å². The lowest BCUT2D eigenvalue weighted by atomic mass is 10.2. The third-order valence-electron chi connectivity index (χ3n) is 2.90. The number of hydrogen-bond donors (Lipinski definition) is 2. The average molecular weight is 294 g/mol. The number of rotatable bonds is 5. The van der Waals surface area contributed by atoms with Gasteiger partial charge in [0, 0.05) is 31.2 Å². The quantitative estimate of drug-likeness (QED) is 0.813. The summed E-state index contributed by atoms with van der Waals surface area (Å²) < 4.78 is 24.8. The van der Waals surface area contributed by atoms with E-state index in [4.69, 9.17) is 5.73 Å². The zero-order chi connectivity index (χ0) is 14.8. The van der Waals surface area contributed by atoms with E-state index in [0.717, 1.165) is 18.5 Å². The van der Waals surface area contributed by atoms with Gasteiger partial charge in [0.25, 0.3) is 0 Å². The molecule has 1 atom stereocenters. The summed E-state index contributed by atoms with van der Waals surface area (Å²) in [6.07, 6.45) is 6.51. The first-order chi connectivity index (χ1) is 9.36. The van der Waals surface area contributed by atoms with Gasteiger partial charge in [0.2, 0.25) is 0 Å². The Labute approximate surface area is 118 Å². The number of nitrogens with one attached hydrogen (secondary N) is 1. The first-order valence-electron chi connectivity index (χ1n) is 6.18. The van der Waals surface area contributed by atoms with E-state index in [9.17, 15) is 8.42 Å². The van der Waals surface area contributed by atoms with Crippen molar-refractivity contribution in [1.82, 2.24) is 9.55 Å². The van der Waals surface area contributed by atoms with Crippen LogP contribution in [0.25, 0.3) is 0 Å². The van der Waals surface area contributed by atoms with E-state index in [1.165, 1.54) is 6.07 Å². The normalized spacial score (nSPS) is 13.1. The smallest absolute Gasteiger partial charge is 0.175 e. The number of nitrogens with two attached hydrogens (primary N) is 1. The largest absolute Gasteiger partial charge is 0.397 e. The molecule has 1 aromatic heterocycles. The number of hydrogen-bond acceptors (Lipinski definition) is 5. The summed E-state index contributed by atoms with van der Waals surface area (Å²) in [5.41, 5.74) is 7.04. The summed E-state index contributed by atoms with van der Waals surface area (Å²) in [6.45, 7) is 2.76. The topological polar surface area (TPSA) is 90.0 Å². The first-order valence-corrected chi connectivity index (χ1v) is 8.07. The third kappa shape index (κ3) is 3.51. The highest BCUT2D eigenvalue weighted by Gasteiger charge is 2.11. The minimum Gasteiger partial charge on any atom is -0.397 e. The molecule has 0 amide bonds. The van der Waals surface area contributed by atoms with Gasteiger partial charge in [-0.3, -0.25) is 0 Å². The lowest BCUT2D eigenvalue weighted by Crippen LogP contribution is -2.22. The summed E-state index contributed by atoms with van der Waals surface area (Å²) in [6, 6.07) is 4.85. The summed E-state index contributed by atoms with van der Waals surface area (Å²) in [4.78, 5) is 4.21. The Kier molecular flexibility index (Phi) is 3.99. The number of anilines is 2. The lowest BCUT2D eigenvalue weighted by Gasteiger charge is -2.17. The van der Waals surface area contributed by atoms with Crippen LogP contribution in [0, 0.1) is 0 Å². The molecule has 2 aromatic rings. The van der Waals surface area contributed by atoms with Crippen LogP contribution in [-0.2, 0) is 16.4 Å². The van der Waals surface area contributed by atoms with Crippen molar-refractivity contribution >= 4 is 21.2 Å². The molecule has 0 saturated heterocycles. The second-order valence-corrected chi connectivity index (χ2v) is 6.84. The second kappa shape index (κ2) is 5.54. The minimum absolute atomic E-state index is 0.135. The Bertz CT molecular complexity index is 680. The predicted octanol–water partition coefficient (Wildman–Crippen LogP) is 1.37. The molecule has 0 saturated carbocycles. The fourth-order valence-electron chi connectivity index (χ4n) is 1.92. The van der Waals surface area contributed by atoms with Crippen molar-refractivity contribution in [2.75, 3.05) is 17.3 Å². The van der Waals surface area contributed by atoms with Gasteiger partial charge >= 0.3 is 0 Å². The SMILES string of the molecule is CC(Cn1ccnc1)Nc1ccc(S(C)(=O)=O)cc1N. The maximum Gasteiger partial charge on any atom is 0.175 e. The maximum absolute atomic E-state index is 11.4. The number of nitrogen functional groups attached to an aromatic ring is 1. The van der Waals surface area contributed by atoms with Crippen LogP contribution in [0.4, 0.5) is 11.4 Å². The highest BCUT2D eigenvalue weighted by molar-refractivity contribution is 7.90. The Morgan fingerprint density at radius 1 is 1.45 bits per heavy atom. The van der Waals surface area contributed by atoms with Crippen molar-refractivity contribution in [3.05, 3.63) is 36.9 Å². The zero-order valence-electron chi connectivity index (χ0n) is 11.4. The Hall–Kier alpha value is -2.02. The zero-order valence-corrected chi connectivity index (χ0v) is 12.3. The van der Waals surface area contributed by atoms with Crippen LogP contribution in [0.3, 0.4) is 0 Å². The van der Waals surface area contributed by atoms with Crippen molar-refractivity contribution in [2.45, 2.75) is 24.4 Å². The molecule has 0 aliphatic carbocycles. The van der Waals surface area contributed by atoms with Crippen LogP contribution in [-0.4, -0.2) is 30.3 Å². The molecule has 0 fully saturated rings. The van der Waals surface area contributed by atoms with Gasteiger partial charge in [-0.25, -0.2) is 13.4 Å². The van der Waals surface area contributed by atoms with E-state index < -0.39 is 9.84 Å². The highest BCUT2D eigenvalue weighted by Crippen LogP contribution is 2.23. The van der Waals surface area contributed by atoms with E-state index in [1.54, 1.807) is 24.7 Å². The van der Waals surface area contributed by atoms with Gasteiger partial charge < -0.3 is 15.6 Å². The number of nitrogens with zero attached hydrogens (tertiary/aromatic N) is 2. The molecule has 0 bridgehead atoms. The molecule has 0 aliphatic rings. The van der Waals surface area contributed by atoms with Gasteiger partial charge in [0.15, 0.2) is 9.84 Å². The Balaban J connectivity index is 2.10. The number of aromatic nitrogens is 2. The molecular formula is C13H18N4O2S. The minimum atomic E-state index is -3.23. The highest BCUT2D eigenvalue weighted by atomic mass is 32.2. The molecule has 0 aliphatic heterocycles. The van der Waals surface area contributed by atoms with Crippen LogP contribution < -0.4 is 11.1 Å². The van der Waals surface area contributed by atoms with Gasteiger partial charge in [-0.05, 0) is 25.1 Å². The molecule has 0 spiro atoms. The van der Waals surface area contributed by atoms with Crippen LogP contribution in [0.15, 0.2) is 41.8 Å². The van der Waals surface area contributed by atoms with Gasteiger partial charge in [-0.1, -0.05) is 0 Å². The second-order valence-electron chi connectivity index (χ2n) is 4.83. The molecule has 1 aromatic carbocycles. The summed E-state index contributed by atoms with van der Waals surface area (Å²) in [7, 11) is -3.23. The molecule has 0 radical (unpaired) electrons. The van der Waals surface area contributed by atoms with Crippen molar-refractivity contribution in [3.8, 4) is 0 Å². The summed E-state index contributed by atoms with van der Waals surface area (Å²) >= 11 is 0. The fraction of sp³-hybridized carbons (Fsp3) is 0.308. The van der Waals surface area contributed by atoms with Crippen molar-refractivity contribution < 1.29 is 8.42 Å². The molecule has 20 heavy (non-hydrogen) atoms. The van der Waals surface area contributed by atoms with E-state index in [-0.39, 0.29) is 10.9 Å². The lowest BCUT2D eigenvalue weighted by molar-refractivity contribution is 0.602. The summed E-state index contributed by atoms with van der Waals surface area (Å²) in [5, 5.41) is 3.26. The molecule has 1 unspecified atom stereocenters. The molecule has 7 heteroatoms. The molecule has 1 heterocycles. The van der Waals surface area contributed by atoms with Crippen molar-refractivity contribution in [3.63, 3.8) is 0 Å². The predicted molar refractivity (Wildman–Crippen MR) is 79.3 cm³/mol. The molecule has 3 N–H and O–H groups in total. The van der Waals surface area contributed by atoms with Gasteiger partial charge in [-0.15, -0.1) is 0 Å². The molecule has 108 valence electrons. The first kappa shape index (κ1) is 14.4. The van der Waals surface area contributed by atoms with E-state index in [2.05, 4.69) is 10.3 Å². The Morgan fingerprint density at radius 2 is 2.20 bits per heavy atom. The summed E-state index contributed by atoms with van der Waals surface area (Å²) in [5.74, 6) is 0. The fourth-order valence-corrected chi connectivity index (χ4v) is 2.58. The molecular weight excluding hydrogens is 276 g/mol. The maximum atomic E-state index is 11.4. The van der Waals surface area contributed by atoms with Gasteiger partial charge in [-0.2, -0.15) is 0 Å². The van der Waals surface area contributed by atoms with E-state index in [1.807, 2.05) is 17.7 Å². The van der Waals surface area contributed by atoms with Crippen LogP contribution in [0.1, 0.15) is 6.92 Å².